The molecule has 20 heavy (non-hydrogen) atoms. The van der Waals surface area contributed by atoms with Crippen molar-refractivity contribution in [1.82, 2.24) is 0 Å². The second-order valence-corrected chi connectivity index (χ2v) is 6.03. The zero-order valence-corrected chi connectivity index (χ0v) is 12.6. The molecule has 0 saturated heterocycles. The van der Waals surface area contributed by atoms with Crippen LogP contribution in [0.25, 0.3) is 0 Å². The molecule has 2 rings (SSSR count). The molecule has 0 amide bonds. The Bertz CT molecular complexity index is 462. The number of ketones is 1. The zero-order valence-electron chi connectivity index (χ0n) is 12.6. The Balaban J connectivity index is 1.88. The molecular weight excluding hydrogens is 248 g/mol. The van der Waals surface area contributed by atoms with Gasteiger partial charge in [-0.1, -0.05) is 26.2 Å². The van der Waals surface area contributed by atoms with E-state index in [9.17, 15) is 4.79 Å². The first-order valence-corrected chi connectivity index (χ1v) is 7.74. The lowest BCUT2D eigenvalue weighted by Gasteiger charge is -2.28. The number of Topliss-reactive ketones (excluding diaryl/α,β-unsaturated/α-hetero) is 1. The molecule has 1 aliphatic rings. The summed E-state index contributed by atoms with van der Waals surface area (Å²) in [4.78, 5) is 11.5. The highest BCUT2D eigenvalue weighted by Gasteiger charge is 2.19. The number of hydrogen-bond donors (Lipinski definition) is 2. The Labute approximate surface area is 121 Å². The summed E-state index contributed by atoms with van der Waals surface area (Å²) in [7, 11) is 0. The summed E-state index contributed by atoms with van der Waals surface area (Å²) in [6.07, 6.45) is 6.69. The summed E-state index contributed by atoms with van der Waals surface area (Å²) in [6, 6.07) is 5.64. The van der Waals surface area contributed by atoms with Crippen molar-refractivity contribution in [2.45, 2.75) is 46.0 Å². The molecule has 3 nitrogen and oxygen atoms in total. The normalized spacial score (nSPS) is 22.5. The first-order valence-electron chi connectivity index (χ1n) is 7.74. The van der Waals surface area contributed by atoms with E-state index in [0.717, 1.165) is 24.1 Å². The molecule has 1 aromatic carbocycles. The predicted octanol–water partition coefficient (Wildman–Crippen LogP) is 4.10. The van der Waals surface area contributed by atoms with Gasteiger partial charge in [0.1, 0.15) is 0 Å². The molecule has 0 unspecified atom stereocenters. The van der Waals surface area contributed by atoms with Gasteiger partial charge >= 0.3 is 0 Å². The van der Waals surface area contributed by atoms with Gasteiger partial charge < -0.3 is 11.1 Å². The van der Waals surface area contributed by atoms with E-state index in [2.05, 4.69) is 12.2 Å². The first kappa shape index (κ1) is 14.9. The summed E-state index contributed by atoms with van der Waals surface area (Å²) < 4.78 is 0. The van der Waals surface area contributed by atoms with Gasteiger partial charge in [0.2, 0.25) is 0 Å². The van der Waals surface area contributed by atoms with Crippen LogP contribution in [0.4, 0.5) is 11.4 Å². The van der Waals surface area contributed by atoms with Crippen LogP contribution >= 0.6 is 0 Å². The fourth-order valence-corrected chi connectivity index (χ4v) is 3.08. The second-order valence-electron chi connectivity index (χ2n) is 6.03. The molecule has 0 aliphatic heterocycles. The highest BCUT2D eigenvalue weighted by molar-refractivity contribution is 5.99. The lowest BCUT2D eigenvalue weighted by Crippen LogP contribution is -2.21. The molecule has 1 fully saturated rings. The maximum atomic E-state index is 11.5. The quantitative estimate of drug-likeness (QED) is 0.628. The van der Waals surface area contributed by atoms with Gasteiger partial charge in [-0.25, -0.2) is 0 Å². The van der Waals surface area contributed by atoms with E-state index < -0.39 is 0 Å². The van der Waals surface area contributed by atoms with Crippen LogP contribution in [-0.2, 0) is 0 Å². The van der Waals surface area contributed by atoms with E-state index in [1.807, 2.05) is 18.2 Å². The van der Waals surface area contributed by atoms with E-state index in [4.69, 9.17) is 5.73 Å². The number of nitrogens with two attached hydrogens (primary N) is 1. The first-order chi connectivity index (χ1) is 9.60. The number of benzene rings is 1. The van der Waals surface area contributed by atoms with E-state index in [0.29, 0.717) is 11.3 Å². The Hall–Kier alpha value is -1.51. The number of rotatable bonds is 5. The highest BCUT2D eigenvalue weighted by atomic mass is 16.1. The van der Waals surface area contributed by atoms with Gasteiger partial charge in [0, 0.05) is 23.5 Å². The monoisotopic (exact) mass is 274 g/mol. The minimum absolute atomic E-state index is 0.0228. The lowest BCUT2D eigenvalue weighted by molar-refractivity contribution is 0.101. The number of nitrogens with one attached hydrogen (secondary N) is 1. The van der Waals surface area contributed by atoms with Gasteiger partial charge in [-0.3, -0.25) is 4.79 Å². The Morgan fingerprint density at radius 2 is 1.90 bits per heavy atom. The molecule has 110 valence electrons. The van der Waals surface area contributed by atoms with Gasteiger partial charge in [-0.05, 0) is 49.8 Å². The number of carbonyl (C=O) groups is 1. The molecule has 0 atom stereocenters. The van der Waals surface area contributed by atoms with E-state index in [1.165, 1.54) is 32.1 Å². The standard InChI is InChI=1S/C17H26N2O/c1-3-13-4-6-14(7-5-13)11-19-15-8-9-17(18)16(10-15)12(2)20/h8-10,13-14,19H,3-7,11,18H2,1-2H3. The van der Waals surface area contributed by atoms with Crippen molar-refractivity contribution < 1.29 is 4.79 Å². The number of hydrogen-bond acceptors (Lipinski definition) is 3. The van der Waals surface area contributed by atoms with Crippen LogP contribution in [0.1, 0.15) is 56.3 Å². The SMILES string of the molecule is CCC1CCC(CNc2ccc(N)c(C(C)=O)c2)CC1. The van der Waals surface area contributed by atoms with Crippen LogP contribution in [0.2, 0.25) is 0 Å². The number of anilines is 2. The number of carbonyl (C=O) groups excluding carboxylic acids is 1. The molecule has 0 bridgehead atoms. The fraction of sp³-hybridized carbons (Fsp3) is 0.588. The van der Waals surface area contributed by atoms with Crippen molar-refractivity contribution in [3.63, 3.8) is 0 Å². The average molecular weight is 274 g/mol. The van der Waals surface area contributed by atoms with E-state index in [1.54, 1.807) is 6.92 Å². The van der Waals surface area contributed by atoms with Gasteiger partial charge in [0.05, 0.1) is 0 Å². The Morgan fingerprint density at radius 3 is 2.50 bits per heavy atom. The van der Waals surface area contributed by atoms with Gasteiger partial charge in [0.15, 0.2) is 5.78 Å². The maximum Gasteiger partial charge on any atom is 0.161 e. The van der Waals surface area contributed by atoms with Gasteiger partial charge in [0.25, 0.3) is 0 Å². The van der Waals surface area contributed by atoms with Crippen molar-refractivity contribution in [1.29, 1.82) is 0 Å². The fourth-order valence-electron chi connectivity index (χ4n) is 3.08. The van der Waals surface area contributed by atoms with Crippen molar-refractivity contribution in [2.24, 2.45) is 11.8 Å². The van der Waals surface area contributed by atoms with Crippen LogP contribution in [0.5, 0.6) is 0 Å². The molecule has 3 heteroatoms. The molecule has 1 aliphatic carbocycles. The molecule has 0 heterocycles. The van der Waals surface area contributed by atoms with Crippen molar-refractivity contribution in [2.75, 3.05) is 17.6 Å². The minimum atomic E-state index is 0.0228. The molecule has 3 N–H and O–H groups in total. The van der Waals surface area contributed by atoms with Crippen LogP contribution in [0.15, 0.2) is 18.2 Å². The van der Waals surface area contributed by atoms with Crippen molar-refractivity contribution in [3.8, 4) is 0 Å². The third-order valence-electron chi connectivity index (χ3n) is 4.57. The second kappa shape index (κ2) is 6.78. The summed E-state index contributed by atoms with van der Waals surface area (Å²) in [5.41, 5.74) is 7.99. The smallest absolute Gasteiger partial charge is 0.161 e. The number of nitrogen functional groups attached to an aromatic ring is 1. The summed E-state index contributed by atoms with van der Waals surface area (Å²) in [5, 5.41) is 3.46. The Morgan fingerprint density at radius 1 is 1.25 bits per heavy atom. The zero-order chi connectivity index (χ0) is 14.5. The summed E-state index contributed by atoms with van der Waals surface area (Å²) in [6.45, 7) is 4.85. The molecule has 1 aromatic rings. The molecular formula is C17H26N2O. The van der Waals surface area contributed by atoms with Crippen LogP contribution in [0.3, 0.4) is 0 Å². The molecule has 1 saturated carbocycles. The average Bonchev–Trinajstić information content (AvgIpc) is 2.46. The molecule has 0 radical (unpaired) electrons. The third-order valence-corrected chi connectivity index (χ3v) is 4.57. The highest BCUT2D eigenvalue weighted by Crippen LogP contribution is 2.30. The third kappa shape index (κ3) is 3.75. The lowest BCUT2D eigenvalue weighted by atomic mass is 9.81. The van der Waals surface area contributed by atoms with Crippen LogP contribution in [0, 0.1) is 11.8 Å². The largest absolute Gasteiger partial charge is 0.398 e. The maximum absolute atomic E-state index is 11.5. The Kier molecular flexibility index (Phi) is 5.05. The van der Waals surface area contributed by atoms with E-state index >= 15 is 0 Å². The predicted molar refractivity (Wildman–Crippen MR) is 85.1 cm³/mol. The van der Waals surface area contributed by atoms with Crippen molar-refractivity contribution >= 4 is 17.2 Å². The molecule has 0 aromatic heterocycles. The van der Waals surface area contributed by atoms with Crippen molar-refractivity contribution in [3.05, 3.63) is 23.8 Å². The minimum Gasteiger partial charge on any atom is -0.398 e. The summed E-state index contributed by atoms with van der Waals surface area (Å²) >= 11 is 0. The summed E-state index contributed by atoms with van der Waals surface area (Å²) in [5.74, 6) is 1.72. The van der Waals surface area contributed by atoms with Gasteiger partial charge in [-0.15, -0.1) is 0 Å². The van der Waals surface area contributed by atoms with E-state index in [-0.39, 0.29) is 5.78 Å². The van der Waals surface area contributed by atoms with Gasteiger partial charge in [-0.2, -0.15) is 0 Å². The van der Waals surface area contributed by atoms with Crippen LogP contribution < -0.4 is 11.1 Å². The topological polar surface area (TPSA) is 55.1 Å². The molecule has 0 spiro atoms. The van der Waals surface area contributed by atoms with Crippen LogP contribution in [-0.4, -0.2) is 12.3 Å².